The third-order valence-corrected chi connectivity index (χ3v) is 5.78. The lowest BCUT2D eigenvalue weighted by Gasteiger charge is -2.07. The fourth-order valence-electron chi connectivity index (χ4n) is 2.72. The minimum atomic E-state index is -0.346. The quantitative estimate of drug-likeness (QED) is 0.460. The molecule has 0 aliphatic heterocycles. The van der Waals surface area contributed by atoms with Crippen LogP contribution in [0.3, 0.4) is 0 Å². The van der Waals surface area contributed by atoms with Gasteiger partial charge in [-0.05, 0) is 34.5 Å². The predicted molar refractivity (Wildman–Crippen MR) is 104 cm³/mol. The van der Waals surface area contributed by atoms with E-state index in [0.29, 0.717) is 16.6 Å². The number of aromatic nitrogens is 1. The van der Waals surface area contributed by atoms with E-state index >= 15 is 0 Å². The molecule has 0 atom stereocenters. The number of halogens is 1. The lowest BCUT2D eigenvalue weighted by atomic mass is 10.1. The van der Waals surface area contributed by atoms with Gasteiger partial charge in [0.15, 0.2) is 0 Å². The summed E-state index contributed by atoms with van der Waals surface area (Å²) in [6.45, 7) is 2.11. The first-order chi connectivity index (χ1) is 12.0. The smallest absolute Gasteiger partial charge is 0.341 e. The molecule has 25 heavy (non-hydrogen) atoms. The molecule has 3 rings (SSSR count). The van der Waals surface area contributed by atoms with Gasteiger partial charge in [-0.1, -0.05) is 30.3 Å². The highest BCUT2D eigenvalue weighted by atomic mass is 79.9. The van der Waals surface area contributed by atoms with Crippen LogP contribution in [0.2, 0.25) is 0 Å². The number of nitrogens with zero attached hydrogens (tertiary/aromatic N) is 1. The van der Waals surface area contributed by atoms with E-state index in [1.165, 1.54) is 5.56 Å². The molecule has 0 bridgehead atoms. The Morgan fingerprint density at radius 1 is 1.28 bits per heavy atom. The zero-order chi connectivity index (χ0) is 18.0. The number of carbonyl (C=O) groups excluding carboxylic acids is 1. The van der Waals surface area contributed by atoms with Gasteiger partial charge in [0.1, 0.15) is 5.75 Å². The van der Waals surface area contributed by atoms with Crippen LogP contribution in [0.1, 0.15) is 22.8 Å². The van der Waals surface area contributed by atoms with Crippen LogP contribution in [-0.4, -0.2) is 22.2 Å². The van der Waals surface area contributed by atoms with Crippen molar-refractivity contribution in [3.05, 3.63) is 58.1 Å². The lowest BCUT2D eigenvalue weighted by Crippen LogP contribution is -2.06. The first-order valence-corrected chi connectivity index (χ1v) is 9.65. The first-order valence-electron chi connectivity index (χ1n) is 7.87. The van der Waals surface area contributed by atoms with E-state index in [1.54, 1.807) is 30.8 Å². The maximum atomic E-state index is 12.6. The molecule has 130 valence electrons. The second-order valence-corrected chi connectivity index (χ2v) is 7.37. The largest absolute Gasteiger partial charge is 0.507 e. The number of hydrogen-bond acceptors (Lipinski definition) is 4. The Morgan fingerprint density at radius 2 is 2.00 bits per heavy atom. The number of thioether (sulfide) groups is 1. The molecular weight excluding hydrogens is 402 g/mol. The number of phenols is 1. The second kappa shape index (κ2) is 7.54. The number of hydrogen-bond donors (Lipinski definition) is 1. The van der Waals surface area contributed by atoms with E-state index in [9.17, 15) is 9.90 Å². The Balaban J connectivity index is 2.10. The molecule has 1 heterocycles. The van der Waals surface area contributed by atoms with Crippen molar-refractivity contribution in [3.8, 4) is 5.75 Å². The van der Waals surface area contributed by atoms with Crippen molar-refractivity contribution in [3.63, 3.8) is 0 Å². The maximum absolute atomic E-state index is 12.6. The molecule has 0 aliphatic rings. The standard InChI is InChI=1S/C19H18BrNO3S/c1-3-24-19(23)17-13-9-14(20)16(22)10-15(13)21(2)18(17)25-11-12-7-5-4-6-8-12/h4-10,22H,3,11H2,1-2H3. The maximum Gasteiger partial charge on any atom is 0.341 e. The van der Waals surface area contributed by atoms with Crippen LogP contribution in [0.25, 0.3) is 10.9 Å². The average molecular weight is 420 g/mol. The van der Waals surface area contributed by atoms with Crippen LogP contribution < -0.4 is 0 Å². The highest BCUT2D eigenvalue weighted by molar-refractivity contribution is 9.10. The summed E-state index contributed by atoms with van der Waals surface area (Å²) in [5.41, 5.74) is 2.51. The number of aromatic hydroxyl groups is 1. The van der Waals surface area contributed by atoms with Crippen molar-refractivity contribution in [2.24, 2.45) is 7.05 Å². The number of phenolic OH excluding ortho intramolecular Hbond substituents is 1. The van der Waals surface area contributed by atoms with Gasteiger partial charge in [-0.15, -0.1) is 11.8 Å². The van der Waals surface area contributed by atoms with Crippen LogP contribution in [0.15, 0.2) is 52.0 Å². The number of rotatable bonds is 5. The Bertz CT molecular complexity index is 922. The zero-order valence-electron chi connectivity index (χ0n) is 14.0. The zero-order valence-corrected chi connectivity index (χ0v) is 16.4. The van der Waals surface area contributed by atoms with E-state index in [1.807, 2.05) is 29.8 Å². The number of carbonyl (C=O) groups is 1. The molecule has 4 nitrogen and oxygen atoms in total. The molecule has 0 aliphatic carbocycles. The third-order valence-electron chi connectivity index (χ3n) is 3.91. The van der Waals surface area contributed by atoms with E-state index in [-0.39, 0.29) is 11.7 Å². The van der Waals surface area contributed by atoms with Gasteiger partial charge in [-0.2, -0.15) is 0 Å². The molecule has 3 aromatic rings. The fourth-order valence-corrected chi connectivity index (χ4v) is 4.19. The SMILES string of the molecule is CCOC(=O)c1c(SCc2ccccc2)n(C)c2cc(O)c(Br)cc12. The van der Waals surface area contributed by atoms with Gasteiger partial charge in [0.05, 0.1) is 27.2 Å². The Morgan fingerprint density at radius 3 is 2.68 bits per heavy atom. The monoisotopic (exact) mass is 419 g/mol. The van der Waals surface area contributed by atoms with Crippen molar-refractivity contribution >= 4 is 44.6 Å². The Labute approximate surface area is 158 Å². The molecule has 0 radical (unpaired) electrons. The summed E-state index contributed by atoms with van der Waals surface area (Å²) < 4.78 is 7.75. The average Bonchev–Trinajstić information content (AvgIpc) is 2.86. The molecule has 6 heteroatoms. The molecule has 1 N–H and O–H groups in total. The summed E-state index contributed by atoms with van der Waals surface area (Å²) in [6, 6.07) is 13.5. The van der Waals surface area contributed by atoms with Crippen LogP contribution in [-0.2, 0) is 17.5 Å². The third kappa shape index (κ3) is 3.55. The molecule has 2 aromatic carbocycles. The molecule has 1 aromatic heterocycles. The summed E-state index contributed by atoms with van der Waals surface area (Å²) in [4.78, 5) is 12.6. The first kappa shape index (κ1) is 17.9. The van der Waals surface area contributed by atoms with Crippen molar-refractivity contribution < 1.29 is 14.6 Å². The van der Waals surface area contributed by atoms with E-state index < -0.39 is 0 Å². The van der Waals surface area contributed by atoms with E-state index in [2.05, 4.69) is 28.1 Å². The van der Waals surface area contributed by atoms with Crippen LogP contribution in [0.4, 0.5) is 0 Å². The molecular formula is C19H18BrNO3S. The number of ether oxygens (including phenoxy) is 1. The van der Waals surface area contributed by atoms with Gasteiger partial charge in [0, 0.05) is 24.3 Å². The van der Waals surface area contributed by atoms with Crippen LogP contribution in [0.5, 0.6) is 5.75 Å². The summed E-state index contributed by atoms with van der Waals surface area (Å²) in [5, 5.41) is 11.6. The summed E-state index contributed by atoms with van der Waals surface area (Å²) in [6.07, 6.45) is 0. The Hall–Kier alpha value is -1.92. The number of fused-ring (bicyclic) bond motifs is 1. The summed E-state index contributed by atoms with van der Waals surface area (Å²) in [7, 11) is 1.89. The topological polar surface area (TPSA) is 51.5 Å². The second-order valence-electron chi connectivity index (χ2n) is 5.55. The van der Waals surface area contributed by atoms with Crippen molar-refractivity contribution in [1.82, 2.24) is 4.57 Å². The van der Waals surface area contributed by atoms with Crippen molar-refractivity contribution in [2.75, 3.05) is 6.61 Å². The number of aryl methyl sites for hydroxylation is 1. The molecule has 0 unspecified atom stereocenters. The fraction of sp³-hybridized carbons (Fsp3) is 0.211. The molecule has 0 amide bonds. The molecule has 0 spiro atoms. The minimum Gasteiger partial charge on any atom is -0.507 e. The van der Waals surface area contributed by atoms with Gasteiger partial charge >= 0.3 is 5.97 Å². The number of esters is 1. The van der Waals surface area contributed by atoms with Gasteiger partial charge < -0.3 is 14.4 Å². The van der Waals surface area contributed by atoms with Gasteiger partial charge in [-0.3, -0.25) is 0 Å². The van der Waals surface area contributed by atoms with Gasteiger partial charge in [-0.25, -0.2) is 4.79 Å². The van der Waals surface area contributed by atoms with Gasteiger partial charge in [0.2, 0.25) is 0 Å². The summed E-state index contributed by atoms with van der Waals surface area (Å²) >= 11 is 4.91. The van der Waals surface area contributed by atoms with E-state index in [4.69, 9.17) is 4.74 Å². The lowest BCUT2D eigenvalue weighted by molar-refractivity contribution is 0.0524. The van der Waals surface area contributed by atoms with Crippen molar-refractivity contribution in [1.29, 1.82) is 0 Å². The Kier molecular flexibility index (Phi) is 5.39. The highest BCUT2D eigenvalue weighted by Gasteiger charge is 2.23. The number of benzene rings is 2. The molecule has 0 saturated heterocycles. The highest BCUT2D eigenvalue weighted by Crippen LogP contribution is 2.38. The molecule has 0 saturated carbocycles. The molecule has 0 fully saturated rings. The van der Waals surface area contributed by atoms with Crippen molar-refractivity contribution in [2.45, 2.75) is 17.7 Å². The minimum absolute atomic E-state index is 0.142. The normalized spacial score (nSPS) is 11.0. The van der Waals surface area contributed by atoms with Crippen LogP contribution >= 0.6 is 27.7 Å². The van der Waals surface area contributed by atoms with E-state index in [0.717, 1.165) is 21.7 Å². The van der Waals surface area contributed by atoms with Gasteiger partial charge in [0.25, 0.3) is 0 Å². The van der Waals surface area contributed by atoms with Crippen LogP contribution in [0, 0.1) is 0 Å². The summed E-state index contributed by atoms with van der Waals surface area (Å²) in [5.74, 6) is 0.536. The predicted octanol–water partition coefficient (Wildman–Crippen LogP) is 5.12.